The van der Waals surface area contributed by atoms with Crippen LogP contribution in [0.1, 0.15) is 28.7 Å². The van der Waals surface area contributed by atoms with E-state index in [1.165, 1.54) is 0 Å². The average molecular weight is 631 g/mol. The van der Waals surface area contributed by atoms with Gasteiger partial charge in [-0.25, -0.2) is 0 Å². The van der Waals surface area contributed by atoms with Crippen LogP contribution >= 0.6 is 0 Å². The van der Waals surface area contributed by atoms with Crippen molar-refractivity contribution in [1.82, 2.24) is 0 Å². The van der Waals surface area contributed by atoms with Crippen LogP contribution in [0.15, 0.2) is 36.4 Å². The number of hydrogen-bond acceptors (Lipinski definition) is 10. The van der Waals surface area contributed by atoms with Crippen molar-refractivity contribution in [2.45, 2.75) is 6.42 Å². The van der Waals surface area contributed by atoms with Gasteiger partial charge in [-0.05, 0) is 30.7 Å². The normalized spacial score (nSPS) is 11.5. The molecule has 0 saturated heterocycles. The monoisotopic (exact) mass is 630 g/mol. The first-order valence-corrected chi connectivity index (χ1v) is 15.0. The number of ether oxygens (including phenoxy) is 8. The number of methoxy groups -OCH3 is 7. The average Bonchev–Trinajstić information content (AvgIpc) is 3.03. The summed E-state index contributed by atoms with van der Waals surface area (Å²) >= 11 is 0. The fraction of sp³-hybridized carbons (Fsp3) is 0.312. The number of rotatable bonds is 16. The highest BCUT2D eigenvalue weighted by molar-refractivity contribution is 7.85. The molecule has 0 aliphatic rings. The molecule has 0 aromatic heterocycles. The van der Waals surface area contributed by atoms with Crippen molar-refractivity contribution in [1.29, 1.82) is 0 Å². The first-order chi connectivity index (χ1) is 21.1. The Morgan fingerprint density at radius 1 is 0.545 bits per heavy atom. The van der Waals surface area contributed by atoms with Crippen LogP contribution in [0, 0.1) is 0 Å². The quantitative estimate of drug-likeness (QED) is 0.118. The summed E-state index contributed by atoms with van der Waals surface area (Å²) < 4.78 is 76.3. The van der Waals surface area contributed by atoms with E-state index >= 15 is 0 Å². The fourth-order valence-electron chi connectivity index (χ4n) is 4.32. The second kappa shape index (κ2) is 15.8. The van der Waals surface area contributed by atoms with Crippen LogP contribution in [0.4, 0.5) is 0 Å². The summed E-state index contributed by atoms with van der Waals surface area (Å²) in [5.41, 5.74) is 2.63. The topological polar surface area (TPSA) is 128 Å². The van der Waals surface area contributed by atoms with Crippen LogP contribution < -0.4 is 37.9 Å². The van der Waals surface area contributed by atoms with Gasteiger partial charge in [0.25, 0.3) is 10.1 Å². The van der Waals surface area contributed by atoms with Gasteiger partial charge in [-0.3, -0.25) is 4.55 Å². The third-order valence-electron chi connectivity index (χ3n) is 6.53. The summed E-state index contributed by atoms with van der Waals surface area (Å²) in [6.07, 6.45) is 7.33. The minimum Gasteiger partial charge on any atom is -0.496 e. The van der Waals surface area contributed by atoms with E-state index in [9.17, 15) is 8.42 Å². The van der Waals surface area contributed by atoms with Gasteiger partial charge < -0.3 is 37.9 Å². The predicted molar refractivity (Wildman–Crippen MR) is 170 cm³/mol. The molecule has 0 amide bonds. The maximum atomic E-state index is 11.2. The molecule has 11 nitrogen and oxygen atoms in total. The first kappa shape index (κ1) is 33.9. The van der Waals surface area contributed by atoms with Gasteiger partial charge in [0.05, 0.1) is 73.3 Å². The van der Waals surface area contributed by atoms with E-state index in [-0.39, 0.29) is 13.0 Å². The zero-order chi connectivity index (χ0) is 32.3. The van der Waals surface area contributed by atoms with Gasteiger partial charge in [0, 0.05) is 35.4 Å². The number of benzene rings is 3. The summed E-state index contributed by atoms with van der Waals surface area (Å²) in [6.45, 7) is 0.0332. The molecule has 0 heterocycles. The molecule has 3 aromatic carbocycles. The lowest BCUT2D eigenvalue weighted by Crippen LogP contribution is -2.09. The molecule has 0 fully saturated rings. The third kappa shape index (κ3) is 8.74. The van der Waals surface area contributed by atoms with Crippen LogP contribution in [0.25, 0.3) is 24.3 Å². The summed E-state index contributed by atoms with van der Waals surface area (Å²) in [6, 6.07) is 10.5. The summed E-state index contributed by atoms with van der Waals surface area (Å²) in [5.74, 6) is 3.84. The van der Waals surface area contributed by atoms with Crippen LogP contribution in [0.3, 0.4) is 0 Å². The van der Waals surface area contributed by atoms with E-state index in [1.807, 2.05) is 12.2 Å². The molecule has 0 spiro atoms. The minimum absolute atomic E-state index is 0.0332. The molecule has 3 rings (SSSR count). The second-order valence-electron chi connectivity index (χ2n) is 9.18. The molecule has 1 N–H and O–H groups in total. The largest absolute Gasteiger partial charge is 0.496 e. The molecule has 0 radical (unpaired) electrons. The van der Waals surface area contributed by atoms with Crippen molar-refractivity contribution < 1.29 is 50.9 Å². The minimum atomic E-state index is -4.13. The second-order valence-corrected chi connectivity index (χ2v) is 10.7. The van der Waals surface area contributed by atoms with Gasteiger partial charge in [-0.2, -0.15) is 8.42 Å². The molecule has 0 bridgehead atoms. The van der Waals surface area contributed by atoms with E-state index in [0.717, 1.165) is 0 Å². The smallest absolute Gasteiger partial charge is 0.264 e. The zero-order valence-corrected chi connectivity index (χ0v) is 26.6. The molecular formula is C32H38O11S. The van der Waals surface area contributed by atoms with Crippen molar-refractivity contribution in [2.24, 2.45) is 0 Å². The van der Waals surface area contributed by atoms with Crippen molar-refractivity contribution in [2.75, 3.05) is 62.1 Å². The van der Waals surface area contributed by atoms with Gasteiger partial charge >= 0.3 is 0 Å². The Balaban J connectivity index is 2.11. The Hall–Kier alpha value is -4.55. The molecule has 0 aliphatic heterocycles. The summed E-state index contributed by atoms with van der Waals surface area (Å²) in [7, 11) is 6.74. The lowest BCUT2D eigenvalue weighted by atomic mass is 10.0. The van der Waals surface area contributed by atoms with Gasteiger partial charge in [-0.15, -0.1) is 0 Å². The molecule has 238 valence electrons. The molecule has 3 aromatic rings. The van der Waals surface area contributed by atoms with Crippen molar-refractivity contribution >= 4 is 34.4 Å². The van der Waals surface area contributed by atoms with Gasteiger partial charge in [0.1, 0.15) is 46.0 Å². The van der Waals surface area contributed by atoms with Crippen molar-refractivity contribution in [3.8, 4) is 46.0 Å². The fourth-order valence-corrected chi connectivity index (χ4v) is 4.80. The zero-order valence-electron chi connectivity index (χ0n) is 25.8. The molecule has 0 atom stereocenters. The van der Waals surface area contributed by atoms with Crippen LogP contribution in [0.2, 0.25) is 0 Å². The van der Waals surface area contributed by atoms with Gasteiger partial charge in [0.15, 0.2) is 0 Å². The van der Waals surface area contributed by atoms with E-state index in [2.05, 4.69) is 0 Å². The maximum absolute atomic E-state index is 11.2. The molecule has 0 saturated carbocycles. The highest BCUT2D eigenvalue weighted by atomic mass is 32.2. The molecule has 0 aliphatic carbocycles. The van der Waals surface area contributed by atoms with Gasteiger partial charge in [0.2, 0.25) is 0 Å². The SMILES string of the molecule is COc1cc(OC)c(C=Cc2cc(OC)c(/C=C/c3c(OC)cc(OC)cc3OC)cc2OCCCS(=O)(=O)O)c(OC)c1. The van der Waals surface area contributed by atoms with Crippen LogP contribution in [-0.4, -0.2) is 75.1 Å². The van der Waals surface area contributed by atoms with E-state index in [4.69, 9.17) is 42.4 Å². The van der Waals surface area contributed by atoms with Crippen molar-refractivity contribution in [3.05, 3.63) is 58.7 Å². The highest BCUT2D eigenvalue weighted by Crippen LogP contribution is 2.39. The Kier molecular flexibility index (Phi) is 12.2. The summed E-state index contributed by atoms with van der Waals surface area (Å²) in [4.78, 5) is 0. The Labute approximate surface area is 258 Å². The first-order valence-electron chi connectivity index (χ1n) is 13.4. The van der Waals surface area contributed by atoms with Gasteiger partial charge in [-0.1, -0.05) is 12.2 Å². The van der Waals surface area contributed by atoms with Crippen molar-refractivity contribution in [3.63, 3.8) is 0 Å². The lowest BCUT2D eigenvalue weighted by molar-refractivity contribution is 0.314. The molecule has 12 heteroatoms. The molecular weight excluding hydrogens is 592 g/mol. The number of hydrogen-bond donors (Lipinski definition) is 1. The Bertz CT molecular complexity index is 1540. The molecule has 44 heavy (non-hydrogen) atoms. The van der Waals surface area contributed by atoms with E-state index in [0.29, 0.717) is 68.2 Å². The standard InChI is InChI=1S/C32H38O11S/c1-36-23-17-29(39-4)25(30(18-23)40-5)11-9-21-16-28(43-13-8-14-44(33,34)35)22(15-27(21)38-3)10-12-26-31(41-6)19-24(37-2)20-32(26)42-7/h9-12,15-20H,8,13-14H2,1-7H3,(H,33,34,35)/b11-9+,12-10?. The Morgan fingerprint density at radius 3 is 1.30 bits per heavy atom. The van der Waals surface area contributed by atoms with E-state index in [1.54, 1.807) is 98.3 Å². The molecule has 0 unspecified atom stereocenters. The Morgan fingerprint density at radius 2 is 0.932 bits per heavy atom. The highest BCUT2D eigenvalue weighted by Gasteiger charge is 2.15. The van der Waals surface area contributed by atoms with Crippen LogP contribution in [-0.2, 0) is 10.1 Å². The summed E-state index contributed by atoms with van der Waals surface area (Å²) in [5, 5.41) is 0. The lowest BCUT2D eigenvalue weighted by Gasteiger charge is -2.15. The third-order valence-corrected chi connectivity index (χ3v) is 7.34. The van der Waals surface area contributed by atoms with Crippen LogP contribution in [0.5, 0.6) is 46.0 Å². The maximum Gasteiger partial charge on any atom is 0.264 e. The van der Waals surface area contributed by atoms with E-state index < -0.39 is 15.9 Å². The predicted octanol–water partition coefficient (Wildman–Crippen LogP) is 5.74.